The number of likely N-dealkylation sites (tertiary alicyclic amines) is 1. The summed E-state index contributed by atoms with van der Waals surface area (Å²) in [5.74, 6) is 0.0742. The highest BCUT2D eigenvalue weighted by Crippen LogP contribution is 2.26. The molecule has 30 heavy (non-hydrogen) atoms. The van der Waals surface area contributed by atoms with Gasteiger partial charge in [0.1, 0.15) is 0 Å². The van der Waals surface area contributed by atoms with Gasteiger partial charge in [-0.3, -0.25) is 9.59 Å². The first-order chi connectivity index (χ1) is 14.6. The van der Waals surface area contributed by atoms with Crippen molar-refractivity contribution in [1.82, 2.24) is 4.90 Å². The third-order valence-electron chi connectivity index (χ3n) is 5.73. The maximum atomic E-state index is 13.2. The van der Waals surface area contributed by atoms with Gasteiger partial charge in [-0.2, -0.15) is 0 Å². The number of halogens is 1. The zero-order chi connectivity index (χ0) is 21.1. The Kier molecular flexibility index (Phi) is 6.02. The molecule has 3 N–H and O–H groups in total. The number of hydrogen-bond donors (Lipinski definition) is 2. The van der Waals surface area contributed by atoms with Crippen molar-refractivity contribution < 1.29 is 9.59 Å². The van der Waals surface area contributed by atoms with Crippen molar-refractivity contribution in [3.63, 3.8) is 0 Å². The van der Waals surface area contributed by atoms with Crippen molar-refractivity contribution in [1.29, 1.82) is 0 Å². The lowest BCUT2D eigenvalue weighted by molar-refractivity contribution is 0.0694. The SMILES string of the molecule is NCC1CCN(C(=O)c2cc(Cl)ccc2NC(=O)c2cccc3ccccc23)CC1. The lowest BCUT2D eigenvalue weighted by Crippen LogP contribution is -2.40. The van der Waals surface area contributed by atoms with Gasteiger partial charge < -0.3 is 16.0 Å². The quantitative estimate of drug-likeness (QED) is 0.648. The molecule has 0 bridgehead atoms. The monoisotopic (exact) mass is 421 g/mol. The number of nitrogens with zero attached hydrogens (tertiary/aromatic N) is 1. The smallest absolute Gasteiger partial charge is 0.256 e. The highest BCUT2D eigenvalue weighted by atomic mass is 35.5. The summed E-state index contributed by atoms with van der Waals surface area (Å²) in [6.07, 6.45) is 1.78. The molecule has 5 nitrogen and oxygen atoms in total. The van der Waals surface area contributed by atoms with Crippen LogP contribution in [0.4, 0.5) is 5.69 Å². The van der Waals surface area contributed by atoms with Gasteiger partial charge in [0.15, 0.2) is 0 Å². The van der Waals surface area contributed by atoms with Crippen molar-refractivity contribution in [3.8, 4) is 0 Å². The molecule has 0 atom stereocenters. The summed E-state index contributed by atoms with van der Waals surface area (Å²) in [4.78, 5) is 28.1. The highest BCUT2D eigenvalue weighted by Gasteiger charge is 2.25. The molecule has 0 radical (unpaired) electrons. The Bertz CT molecular complexity index is 1090. The molecule has 3 aromatic carbocycles. The molecule has 1 fully saturated rings. The van der Waals surface area contributed by atoms with Crippen molar-refractivity contribution in [2.45, 2.75) is 12.8 Å². The Morgan fingerprint density at radius 3 is 2.50 bits per heavy atom. The third kappa shape index (κ3) is 4.18. The molecule has 1 heterocycles. The van der Waals surface area contributed by atoms with E-state index in [2.05, 4.69) is 5.32 Å². The molecule has 4 rings (SSSR count). The molecular weight excluding hydrogens is 398 g/mol. The van der Waals surface area contributed by atoms with E-state index in [1.54, 1.807) is 24.3 Å². The van der Waals surface area contributed by atoms with Crippen LogP contribution in [0, 0.1) is 5.92 Å². The maximum Gasteiger partial charge on any atom is 0.256 e. The van der Waals surface area contributed by atoms with Gasteiger partial charge in [0, 0.05) is 23.7 Å². The minimum atomic E-state index is -0.259. The van der Waals surface area contributed by atoms with Crippen molar-refractivity contribution in [2.75, 3.05) is 25.0 Å². The Labute approximate surface area is 180 Å². The lowest BCUT2D eigenvalue weighted by atomic mass is 9.96. The molecule has 0 saturated carbocycles. The van der Waals surface area contributed by atoms with Gasteiger partial charge in [0.2, 0.25) is 0 Å². The second-order valence-electron chi connectivity index (χ2n) is 7.64. The molecule has 3 aromatic rings. The molecule has 0 spiro atoms. The largest absolute Gasteiger partial charge is 0.339 e. The van der Waals surface area contributed by atoms with E-state index >= 15 is 0 Å². The molecule has 0 aromatic heterocycles. The number of amides is 2. The van der Waals surface area contributed by atoms with Gasteiger partial charge in [-0.15, -0.1) is 0 Å². The summed E-state index contributed by atoms with van der Waals surface area (Å²) >= 11 is 6.18. The van der Waals surface area contributed by atoms with Crippen molar-refractivity contribution >= 4 is 39.9 Å². The molecule has 1 saturated heterocycles. The molecule has 1 aliphatic heterocycles. The van der Waals surface area contributed by atoms with Gasteiger partial charge in [0.05, 0.1) is 11.3 Å². The molecular formula is C24H24ClN3O2. The second-order valence-corrected chi connectivity index (χ2v) is 8.08. The minimum absolute atomic E-state index is 0.124. The Morgan fingerprint density at radius 1 is 1.00 bits per heavy atom. The predicted molar refractivity (Wildman–Crippen MR) is 121 cm³/mol. The van der Waals surface area contributed by atoms with E-state index in [9.17, 15) is 9.59 Å². The second kappa shape index (κ2) is 8.86. The minimum Gasteiger partial charge on any atom is -0.339 e. The number of hydrogen-bond acceptors (Lipinski definition) is 3. The normalized spacial score (nSPS) is 14.7. The summed E-state index contributed by atoms with van der Waals surface area (Å²) in [5.41, 5.74) is 7.19. The van der Waals surface area contributed by atoms with Crippen LogP contribution < -0.4 is 11.1 Å². The molecule has 6 heteroatoms. The average Bonchev–Trinajstić information content (AvgIpc) is 2.79. The van der Waals surface area contributed by atoms with E-state index in [4.69, 9.17) is 17.3 Å². The predicted octanol–water partition coefficient (Wildman–Crippen LogP) is 4.56. The van der Waals surface area contributed by atoms with Gasteiger partial charge >= 0.3 is 0 Å². The van der Waals surface area contributed by atoms with Gasteiger partial charge in [-0.05, 0) is 60.3 Å². The summed E-state index contributed by atoms with van der Waals surface area (Å²) < 4.78 is 0. The van der Waals surface area contributed by atoms with Crippen LogP contribution in [0.15, 0.2) is 60.7 Å². The fourth-order valence-electron chi connectivity index (χ4n) is 3.96. The summed E-state index contributed by atoms with van der Waals surface area (Å²) in [6, 6.07) is 18.3. The Hall–Kier alpha value is -2.89. The first kappa shape index (κ1) is 20.4. The van der Waals surface area contributed by atoms with E-state index < -0.39 is 0 Å². The number of fused-ring (bicyclic) bond motifs is 1. The van der Waals surface area contributed by atoms with E-state index in [0.29, 0.717) is 47.4 Å². The number of nitrogens with one attached hydrogen (secondary N) is 1. The Morgan fingerprint density at radius 2 is 1.73 bits per heavy atom. The van der Waals surface area contributed by atoms with Gasteiger partial charge in [-0.25, -0.2) is 0 Å². The zero-order valence-corrected chi connectivity index (χ0v) is 17.4. The van der Waals surface area contributed by atoms with E-state index in [0.717, 1.165) is 23.6 Å². The van der Waals surface area contributed by atoms with Crippen LogP contribution in [0.25, 0.3) is 10.8 Å². The van der Waals surface area contributed by atoms with Crippen LogP contribution in [0.1, 0.15) is 33.6 Å². The van der Waals surface area contributed by atoms with E-state index in [1.165, 1.54) is 0 Å². The standard InChI is InChI=1S/C24H24ClN3O2/c25-18-8-9-22(21(14-18)24(30)28-12-10-16(15-26)11-13-28)27-23(29)20-7-3-5-17-4-1-2-6-19(17)20/h1-9,14,16H,10-13,15,26H2,(H,27,29). The molecule has 0 unspecified atom stereocenters. The van der Waals surface area contributed by atoms with Crippen LogP contribution in [0.2, 0.25) is 5.02 Å². The first-order valence-corrected chi connectivity index (χ1v) is 10.5. The summed E-state index contributed by atoms with van der Waals surface area (Å²) in [6.45, 7) is 1.96. The lowest BCUT2D eigenvalue weighted by Gasteiger charge is -2.32. The average molecular weight is 422 g/mol. The summed E-state index contributed by atoms with van der Waals surface area (Å²) in [7, 11) is 0. The maximum absolute atomic E-state index is 13.2. The van der Waals surface area contributed by atoms with Crippen LogP contribution in [-0.2, 0) is 0 Å². The Balaban J connectivity index is 1.60. The van der Waals surface area contributed by atoms with E-state index in [-0.39, 0.29) is 11.8 Å². The number of anilines is 1. The molecule has 1 aliphatic rings. The van der Waals surface area contributed by atoms with Crippen LogP contribution in [0.5, 0.6) is 0 Å². The fraction of sp³-hybridized carbons (Fsp3) is 0.250. The van der Waals surface area contributed by atoms with Crippen molar-refractivity contribution in [2.24, 2.45) is 11.7 Å². The topological polar surface area (TPSA) is 75.4 Å². The molecule has 154 valence electrons. The fourth-order valence-corrected chi connectivity index (χ4v) is 4.13. The van der Waals surface area contributed by atoms with Gasteiger partial charge in [0.25, 0.3) is 11.8 Å². The zero-order valence-electron chi connectivity index (χ0n) is 16.6. The van der Waals surface area contributed by atoms with Gasteiger partial charge in [-0.1, -0.05) is 48.0 Å². The number of piperidine rings is 1. The third-order valence-corrected chi connectivity index (χ3v) is 5.96. The summed E-state index contributed by atoms with van der Waals surface area (Å²) in [5, 5.41) is 5.23. The first-order valence-electron chi connectivity index (χ1n) is 10.1. The van der Waals surface area contributed by atoms with Crippen LogP contribution in [0.3, 0.4) is 0 Å². The van der Waals surface area contributed by atoms with Crippen molar-refractivity contribution in [3.05, 3.63) is 76.8 Å². The number of nitrogens with two attached hydrogens (primary N) is 1. The molecule has 2 amide bonds. The number of rotatable bonds is 4. The molecule has 0 aliphatic carbocycles. The number of benzene rings is 3. The number of carbonyl (C=O) groups excluding carboxylic acids is 2. The van der Waals surface area contributed by atoms with Crippen LogP contribution >= 0.6 is 11.6 Å². The van der Waals surface area contributed by atoms with E-state index in [1.807, 2.05) is 41.3 Å². The number of carbonyl (C=O) groups is 2. The highest BCUT2D eigenvalue weighted by molar-refractivity contribution is 6.31. The van der Waals surface area contributed by atoms with Crippen LogP contribution in [-0.4, -0.2) is 36.3 Å².